The van der Waals surface area contributed by atoms with Gasteiger partial charge < -0.3 is 9.30 Å². The first-order chi connectivity index (χ1) is 8.90. The molecule has 0 aliphatic rings. The minimum atomic E-state index is -0.518. The predicted octanol–water partition coefficient (Wildman–Crippen LogP) is -0.248. The van der Waals surface area contributed by atoms with Gasteiger partial charge in [0.2, 0.25) is 0 Å². The van der Waals surface area contributed by atoms with Crippen molar-refractivity contribution in [1.82, 2.24) is 13.7 Å². The largest absolute Gasteiger partial charge is 0.461 e. The van der Waals surface area contributed by atoms with Gasteiger partial charge in [-0.3, -0.25) is 13.9 Å². The fraction of sp³-hybridized carbons (Fsp3) is 0.417. The second kappa shape index (κ2) is 4.42. The summed E-state index contributed by atoms with van der Waals surface area (Å²) in [5.74, 6) is -0.518. The number of hydrogen-bond acceptors (Lipinski definition) is 4. The van der Waals surface area contributed by atoms with Crippen LogP contribution in [0.2, 0.25) is 0 Å². The fourth-order valence-corrected chi connectivity index (χ4v) is 2.14. The molecular formula is C12H15N3O4. The third kappa shape index (κ3) is 1.78. The molecule has 0 N–H and O–H groups in total. The Bertz CT molecular complexity index is 779. The van der Waals surface area contributed by atoms with Crippen molar-refractivity contribution in [3.8, 4) is 0 Å². The summed E-state index contributed by atoms with van der Waals surface area (Å²) < 4.78 is 8.76. The molecule has 2 aromatic heterocycles. The Morgan fingerprint density at radius 2 is 1.79 bits per heavy atom. The quantitative estimate of drug-likeness (QED) is 0.702. The Hall–Kier alpha value is -2.31. The first kappa shape index (κ1) is 13.1. The summed E-state index contributed by atoms with van der Waals surface area (Å²) in [7, 11) is 4.58. The van der Waals surface area contributed by atoms with Crippen LogP contribution in [0.4, 0.5) is 0 Å². The van der Waals surface area contributed by atoms with Gasteiger partial charge in [0.25, 0.3) is 5.56 Å². The maximum Gasteiger partial charge on any atom is 0.355 e. The first-order valence-electron chi connectivity index (χ1n) is 5.82. The van der Waals surface area contributed by atoms with Gasteiger partial charge >= 0.3 is 11.7 Å². The molecule has 7 nitrogen and oxygen atoms in total. The fourth-order valence-electron chi connectivity index (χ4n) is 2.14. The Morgan fingerprint density at radius 1 is 1.16 bits per heavy atom. The number of hydrogen-bond donors (Lipinski definition) is 0. The van der Waals surface area contributed by atoms with Crippen LogP contribution in [0.1, 0.15) is 17.4 Å². The summed E-state index contributed by atoms with van der Waals surface area (Å²) in [6.45, 7) is 1.95. The van der Waals surface area contributed by atoms with Crippen molar-refractivity contribution in [3.05, 3.63) is 32.6 Å². The second-order valence-electron chi connectivity index (χ2n) is 4.25. The van der Waals surface area contributed by atoms with Crippen LogP contribution in [-0.2, 0) is 25.9 Å². The van der Waals surface area contributed by atoms with Crippen LogP contribution in [0.25, 0.3) is 11.0 Å². The lowest BCUT2D eigenvalue weighted by Gasteiger charge is -2.07. The molecule has 0 fully saturated rings. The average Bonchev–Trinajstić information content (AvgIpc) is 2.72. The van der Waals surface area contributed by atoms with Crippen LogP contribution >= 0.6 is 0 Å². The molecule has 19 heavy (non-hydrogen) atoms. The maximum atomic E-state index is 12.0. The molecule has 2 rings (SSSR count). The lowest BCUT2D eigenvalue weighted by Crippen LogP contribution is -2.37. The number of aromatic nitrogens is 3. The molecule has 0 amide bonds. The number of aryl methyl sites for hydroxylation is 2. The van der Waals surface area contributed by atoms with Crippen molar-refractivity contribution in [1.29, 1.82) is 0 Å². The third-order valence-corrected chi connectivity index (χ3v) is 3.11. The summed E-state index contributed by atoms with van der Waals surface area (Å²) in [5, 5.41) is 0.315. The van der Waals surface area contributed by atoms with Gasteiger partial charge in [-0.1, -0.05) is 0 Å². The third-order valence-electron chi connectivity index (χ3n) is 3.11. The topological polar surface area (TPSA) is 75.2 Å². The van der Waals surface area contributed by atoms with Gasteiger partial charge in [0.1, 0.15) is 11.3 Å². The number of esters is 1. The molecule has 0 saturated heterocycles. The molecule has 0 atom stereocenters. The van der Waals surface area contributed by atoms with Crippen molar-refractivity contribution in [3.63, 3.8) is 0 Å². The summed E-state index contributed by atoms with van der Waals surface area (Å²) in [5.41, 5.74) is -0.218. The van der Waals surface area contributed by atoms with E-state index in [-0.39, 0.29) is 12.3 Å². The zero-order chi connectivity index (χ0) is 14.3. The number of nitrogens with zero attached hydrogens (tertiary/aromatic N) is 3. The van der Waals surface area contributed by atoms with Gasteiger partial charge in [-0.2, -0.15) is 0 Å². The predicted molar refractivity (Wildman–Crippen MR) is 69.4 cm³/mol. The highest BCUT2D eigenvalue weighted by atomic mass is 16.5. The molecule has 0 saturated carbocycles. The number of fused-ring (bicyclic) bond motifs is 1. The molecule has 0 unspecified atom stereocenters. The molecule has 102 valence electrons. The summed E-state index contributed by atoms with van der Waals surface area (Å²) in [6, 6.07) is 1.45. The van der Waals surface area contributed by atoms with Crippen LogP contribution in [0.3, 0.4) is 0 Å². The monoisotopic (exact) mass is 265 g/mol. The standard InChI is InChI=1S/C12H15N3O4/c1-5-19-11(17)8-6-7-9(13(8)2)14(3)12(18)15(4)10(7)16/h6H,5H2,1-4H3. The van der Waals surface area contributed by atoms with Crippen molar-refractivity contribution in [2.24, 2.45) is 21.1 Å². The van der Waals surface area contributed by atoms with E-state index in [2.05, 4.69) is 0 Å². The highest BCUT2D eigenvalue weighted by molar-refractivity contribution is 5.94. The molecule has 0 aromatic carbocycles. The number of rotatable bonds is 2. The van der Waals surface area contributed by atoms with E-state index in [1.165, 1.54) is 22.2 Å². The van der Waals surface area contributed by atoms with Gasteiger partial charge in [0.15, 0.2) is 0 Å². The van der Waals surface area contributed by atoms with Gasteiger partial charge in [0.05, 0.1) is 12.0 Å². The highest BCUT2D eigenvalue weighted by Gasteiger charge is 2.19. The summed E-state index contributed by atoms with van der Waals surface area (Å²) in [4.78, 5) is 35.7. The summed E-state index contributed by atoms with van der Waals surface area (Å²) in [6.07, 6.45) is 0. The van der Waals surface area contributed by atoms with Crippen LogP contribution < -0.4 is 11.2 Å². The Balaban J connectivity index is 2.89. The van der Waals surface area contributed by atoms with Crippen molar-refractivity contribution >= 4 is 17.0 Å². The molecule has 7 heteroatoms. The van der Waals surface area contributed by atoms with E-state index >= 15 is 0 Å². The lowest BCUT2D eigenvalue weighted by atomic mass is 10.3. The second-order valence-corrected chi connectivity index (χ2v) is 4.25. The van der Waals surface area contributed by atoms with Gasteiger partial charge in [-0.05, 0) is 13.0 Å². The molecule has 2 aromatic rings. The van der Waals surface area contributed by atoms with Crippen LogP contribution in [0.5, 0.6) is 0 Å². The van der Waals surface area contributed by atoms with Gasteiger partial charge in [-0.25, -0.2) is 9.59 Å². The average molecular weight is 265 g/mol. The summed E-state index contributed by atoms with van der Waals surface area (Å²) >= 11 is 0. The number of carbonyl (C=O) groups is 1. The number of ether oxygens (including phenoxy) is 1. The Morgan fingerprint density at radius 3 is 2.37 bits per heavy atom. The highest BCUT2D eigenvalue weighted by Crippen LogP contribution is 2.14. The first-order valence-corrected chi connectivity index (χ1v) is 5.82. The van der Waals surface area contributed by atoms with Crippen molar-refractivity contribution in [2.45, 2.75) is 6.92 Å². The molecule has 2 heterocycles. The van der Waals surface area contributed by atoms with E-state index < -0.39 is 17.2 Å². The smallest absolute Gasteiger partial charge is 0.355 e. The molecular weight excluding hydrogens is 250 g/mol. The lowest BCUT2D eigenvalue weighted by molar-refractivity contribution is 0.0515. The van der Waals surface area contributed by atoms with Crippen molar-refractivity contribution < 1.29 is 9.53 Å². The molecule has 0 aliphatic carbocycles. The van der Waals surface area contributed by atoms with E-state index in [9.17, 15) is 14.4 Å². The van der Waals surface area contributed by atoms with E-state index in [4.69, 9.17) is 4.74 Å². The Labute approximate surface area is 108 Å². The number of carbonyl (C=O) groups excluding carboxylic acids is 1. The van der Waals surface area contributed by atoms with E-state index in [1.54, 1.807) is 21.0 Å². The van der Waals surface area contributed by atoms with E-state index in [0.717, 1.165) is 4.57 Å². The van der Waals surface area contributed by atoms with Crippen LogP contribution in [0.15, 0.2) is 15.7 Å². The van der Waals surface area contributed by atoms with Gasteiger partial charge in [-0.15, -0.1) is 0 Å². The minimum absolute atomic E-state index is 0.246. The van der Waals surface area contributed by atoms with Gasteiger partial charge in [0, 0.05) is 21.1 Å². The molecule has 0 radical (unpaired) electrons. The normalized spacial score (nSPS) is 10.9. The van der Waals surface area contributed by atoms with Crippen LogP contribution in [-0.4, -0.2) is 26.3 Å². The zero-order valence-electron chi connectivity index (χ0n) is 11.3. The molecule has 0 aliphatic heterocycles. The SMILES string of the molecule is CCOC(=O)c1cc2c(=O)n(C)c(=O)n(C)c2n1C. The molecule has 0 bridgehead atoms. The zero-order valence-corrected chi connectivity index (χ0v) is 11.3. The molecule has 0 spiro atoms. The van der Waals surface area contributed by atoms with E-state index in [0.29, 0.717) is 11.0 Å². The maximum absolute atomic E-state index is 12.0. The Kier molecular flexibility index (Phi) is 3.05. The van der Waals surface area contributed by atoms with Crippen LogP contribution in [0, 0.1) is 0 Å². The van der Waals surface area contributed by atoms with Crippen molar-refractivity contribution in [2.75, 3.05) is 6.61 Å². The minimum Gasteiger partial charge on any atom is -0.461 e. The van der Waals surface area contributed by atoms with E-state index in [1.807, 2.05) is 0 Å².